The SMILES string of the molecule is CCc1nn(C)c(CC)c1CC(=O)N[C@H](C(=O)O)[C@@H](C)CC. The first-order chi connectivity index (χ1) is 10.3. The molecule has 0 saturated heterocycles. The summed E-state index contributed by atoms with van der Waals surface area (Å²) >= 11 is 0. The number of carboxylic acid groups (broad SMARTS) is 1. The van der Waals surface area contributed by atoms with Crippen molar-refractivity contribution in [3.05, 3.63) is 17.0 Å². The molecule has 0 aromatic carbocycles. The second kappa shape index (κ2) is 7.96. The lowest BCUT2D eigenvalue weighted by Gasteiger charge is -2.20. The number of carbonyl (C=O) groups excluding carboxylic acids is 1. The van der Waals surface area contributed by atoms with Gasteiger partial charge in [-0.2, -0.15) is 5.10 Å². The zero-order valence-corrected chi connectivity index (χ0v) is 14.1. The van der Waals surface area contributed by atoms with Crippen molar-refractivity contribution >= 4 is 11.9 Å². The van der Waals surface area contributed by atoms with Crippen LogP contribution < -0.4 is 5.32 Å². The van der Waals surface area contributed by atoms with Gasteiger partial charge in [-0.1, -0.05) is 34.1 Å². The molecular formula is C16H27N3O3. The minimum atomic E-state index is -0.986. The third-order valence-electron chi connectivity index (χ3n) is 4.16. The number of hydrogen-bond acceptors (Lipinski definition) is 3. The summed E-state index contributed by atoms with van der Waals surface area (Å²) in [6.45, 7) is 7.77. The number of aliphatic carboxylic acids is 1. The van der Waals surface area contributed by atoms with E-state index in [2.05, 4.69) is 10.4 Å². The highest BCUT2D eigenvalue weighted by Gasteiger charge is 2.26. The van der Waals surface area contributed by atoms with E-state index in [-0.39, 0.29) is 18.2 Å². The maximum atomic E-state index is 12.3. The molecule has 0 aliphatic heterocycles. The van der Waals surface area contributed by atoms with Crippen molar-refractivity contribution in [2.45, 2.75) is 59.4 Å². The van der Waals surface area contributed by atoms with Crippen molar-refractivity contribution in [2.75, 3.05) is 0 Å². The largest absolute Gasteiger partial charge is 0.480 e. The van der Waals surface area contributed by atoms with Gasteiger partial charge in [-0.05, 0) is 18.8 Å². The number of carbonyl (C=O) groups is 2. The molecule has 1 amide bonds. The summed E-state index contributed by atoms with van der Waals surface area (Å²) in [7, 11) is 1.87. The number of amides is 1. The first-order valence-electron chi connectivity index (χ1n) is 7.91. The van der Waals surface area contributed by atoms with Crippen molar-refractivity contribution in [3.8, 4) is 0 Å². The van der Waals surface area contributed by atoms with Crippen molar-refractivity contribution in [1.29, 1.82) is 0 Å². The Morgan fingerprint density at radius 2 is 1.91 bits per heavy atom. The average Bonchev–Trinajstić information content (AvgIpc) is 2.78. The van der Waals surface area contributed by atoms with Gasteiger partial charge in [-0.25, -0.2) is 4.79 Å². The molecule has 6 heteroatoms. The highest BCUT2D eigenvalue weighted by Crippen LogP contribution is 2.17. The summed E-state index contributed by atoms with van der Waals surface area (Å²) < 4.78 is 1.81. The standard InChI is InChI=1S/C16H27N3O3/c1-6-10(4)15(16(21)22)17-14(20)9-11-12(7-2)18-19(5)13(11)8-3/h10,15H,6-9H2,1-5H3,(H,17,20)(H,21,22)/t10-,15-/m0/s1. The minimum Gasteiger partial charge on any atom is -0.480 e. The molecule has 2 atom stereocenters. The lowest BCUT2D eigenvalue weighted by molar-refractivity contribution is -0.143. The summed E-state index contributed by atoms with van der Waals surface area (Å²) in [5.41, 5.74) is 2.87. The van der Waals surface area contributed by atoms with Gasteiger partial charge in [-0.3, -0.25) is 9.48 Å². The van der Waals surface area contributed by atoms with Crippen LogP contribution in [-0.4, -0.2) is 32.8 Å². The van der Waals surface area contributed by atoms with Crippen molar-refractivity contribution < 1.29 is 14.7 Å². The summed E-state index contributed by atoms with van der Waals surface area (Å²) in [6.07, 6.45) is 2.43. The van der Waals surface area contributed by atoms with Gasteiger partial charge in [0.05, 0.1) is 12.1 Å². The molecule has 0 fully saturated rings. The van der Waals surface area contributed by atoms with Gasteiger partial charge in [0.1, 0.15) is 6.04 Å². The molecule has 0 saturated carbocycles. The Labute approximate surface area is 131 Å². The molecule has 0 aliphatic carbocycles. The molecule has 0 unspecified atom stereocenters. The van der Waals surface area contributed by atoms with E-state index in [1.165, 1.54) is 0 Å². The summed E-state index contributed by atoms with van der Waals surface area (Å²) in [5.74, 6) is -1.35. The minimum absolute atomic E-state index is 0.105. The number of carboxylic acids is 1. The molecule has 124 valence electrons. The number of hydrogen-bond donors (Lipinski definition) is 2. The molecule has 1 rings (SSSR count). The second-order valence-electron chi connectivity index (χ2n) is 5.65. The van der Waals surface area contributed by atoms with Gasteiger partial charge in [0.15, 0.2) is 0 Å². The first kappa shape index (κ1) is 18.2. The molecular weight excluding hydrogens is 282 g/mol. The fourth-order valence-electron chi connectivity index (χ4n) is 2.66. The fourth-order valence-corrected chi connectivity index (χ4v) is 2.66. The van der Waals surface area contributed by atoms with Crippen LogP contribution in [-0.2, 0) is 35.9 Å². The summed E-state index contributed by atoms with van der Waals surface area (Å²) in [4.78, 5) is 23.6. The lowest BCUT2D eigenvalue weighted by Crippen LogP contribution is -2.45. The number of aromatic nitrogens is 2. The van der Waals surface area contributed by atoms with E-state index in [1.807, 2.05) is 39.4 Å². The van der Waals surface area contributed by atoms with E-state index in [4.69, 9.17) is 0 Å². The van der Waals surface area contributed by atoms with Crippen LogP contribution in [0, 0.1) is 5.92 Å². The maximum absolute atomic E-state index is 12.3. The zero-order chi connectivity index (χ0) is 16.9. The molecule has 1 aromatic rings. The molecule has 0 spiro atoms. The molecule has 2 N–H and O–H groups in total. The number of nitrogens with one attached hydrogen (secondary N) is 1. The van der Waals surface area contributed by atoms with Crippen LogP contribution in [0.25, 0.3) is 0 Å². The van der Waals surface area contributed by atoms with E-state index >= 15 is 0 Å². The normalized spacial score (nSPS) is 13.7. The van der Waals surface area contributed by atoms with E-state index in [1.54, 1.807) is 0 Å². The van der Waals surface area contributed by atoms with E-state index in [9.17, 15) is 14.7 Å². The van der Waals surface area contributed by atoms with E-state index < -0.39 is 12.0 Å². The second-order valence-corrected chi connectivity index (χ2v) is 5.65. The van der Waals surface area contributed by atoms with Crippen LogP contribution in [0.1, 0.15) is 51.1 Å². The van der Waals surface area contributed by atoms with Gasteiger partial charge >= 0.3 is 5.97 Å². The van der Waals surface area contributed by atoms with Crippen LogP contribution in [0.5, 0.6) is 0 Å². The van der Waals surface area contributed by atoms with Crippen LogP contribution in [0.15, 0.2) is 0 Å². The summed E-state index contributed by atoms with van der Waals surface area (Å²) in [5, 5.41) is 16.4. The van der Waals surface area contributed by atoms with Gasteiger partial charge < -0.3 is 10.4 Å². The third-order valence-corrected chi connectivity index (χ3v) is 4.16. The Morgan fingerprint density at radius 3 is 2.36 bits per heavy atom. The van der Waals surface area contributed by atoms with Crippen molar-refractivity contribution in [2.24, 2.45) is 13.0 Å². The Balaban J connectivity index is 2.91. The molecule has 1 heterocycles. The predicted octanol–water partition coefficient (Wildman–Crippen LogP) is 1.70. The van der Waals surface area contributed by atoms with Gasteiger partial charge in [0.25, 0.3) is 0 Å². The Morgan fingerprint density at radius 1 is 1.27 bits per heavy atom. The molecule has 0 radical (unpaired) electrons. The average molecular weight is 309 g/mol. The number of aryl methyl sites for hydroxylation is 2. The lowest BCUT2D eigenvalue weighted by atomic mass is 9.98. The Kier molecular flexibility index (Phi) is 6.59. The van der Waals surface area contributed by atoms with E-state index in [0.717, 1.165) is 29.8 Å². The Bertz CT molecular complexity index is 537. The smallest absolute Gasteiger partial charge is 0.326 e. The summed E-state index contributed by atoms with van der Waals surface area (Å²) in [6, 6.07) is -0.843. The molecule has 0 bridgehead atoms. The van der Waals surface area contributed by atoms with Crippen LogP contribution >= 0.6 is 0 Å². The molecule has 22 heavy (non-hydrogen) atoms. The Hall–Kier alpha value is -1.85. The van der Waals surface area contributed by atoms with Gasteiger partial charge in [0.2, 0.25) is 5.91 Å². The van der Waals surface area contributed by atoms with E-state index in [0.29, 0.717) is 6.42 Å². The molecule has 6 nitrogen and oxygen atoms in total. The molecule has 1 aromatic heterocycles. The number of rotatable bonds is 8. The first-order valence-corrected chi connectivity index (χ1v) is 7.91. The molecule has 0 aliphatic rings. The van der Waals surface area contributed by atoms with Crippen molar-refractivity contribution in [3.63, 3.8) is 0 Å². The van der Waals surface area contributed by atoms with Crippen LogP contribution in [0.4, 0.5) is 0 Å². The number of nitrogens with zero attached hydrogens (tertiary/aromatic N) is 2. The zero-order valence-electron chi connectivity index (χ0n) is 14.1. The van der Waals surface area contributed by atoms with Crippen LogP contribution in [0.3, 0.4) is 0 Å². The monoisotopic (exact) mass is 309 g/mol. The van der Waals surface area contributed by atoms with Gasteiger partial charge in [0, 0.05) is 18.3 Å². The topological polar surface area (TPSA) is 84.2 Å². The maximum Gasteiger partial charge on any atom is 0.326 e. The van der Waals surface area contributed by atoms with Crippen LogP contribution in [0.2, 0.25) is 0 Å². The highest BCUT2D eigenvalue weighted by molar-refractivity contribution is 5.85. The van der Waals surface area contributed by atoms with Gasteiger partial charge in [-0.15, -0.1) is 0 Å². The predicted molar refractivity (Wildman–Crippen MR) is 84.7 cm³/mol. The highest BCUT2D eigenvalue weighted by atomic mass is 16.4. The quantitative estimate of drug-likeness (QED) is 0.765. The van der Waals surface area contributed by atoms with Crippen molar-refractivity contribution in [1.82, 2.24) is 15.1 Å². The fraction of sp³-hybridized carbons (Fsp3) is 0.688. The third kappa shape index (κ3) is 4.08.